The summed E-state index contributed by atoms with van der Waals surface area (Å²) in [6.45, 7) is 2.33. The molecule has 0 bridgehead atoms. The van der Waals surface area contributed by atoms with Crippen LogP contribution in [0.3, 0.4) is 0 Å². The average Bonchev–Trinajstić information content (AvgIpc) is 2.26. The fraction of sp³-hybridized carbons (Fsp3) is 0.250. The molecule has 86 valence electrons. The third-order valence-electron chi connectivity index (χ3n) is 1.88. The average molecular weight is 240 g/mol. The highest BCUT2D eigenvalue weighted by Gasteiger charge is 2.02. The van der Waals surface area contributed by atoms with Crippen LogP contribution in [0, 0.1) is 0 Å². The zero-order valence-electron chi connectivity index (χ0n) is 9.07. The Morgan fingerprint density at radius 3 is 2.94 bits per heavy atom. The second kappa shape index (κ2) is 6.18. The van der Waals surface area contributed by atoms with Crippen LogP contribution < -0.4 is 5.73 Å². The number of nitrogens with two attached hydrogens (primary N) is 1. The van der Waals surface area contributed by atoms with E-state index in [0.29, 0.717) is 22.9 Å². The first kappa shape index (κ1) is 12.6. The van der Waals surface area contributed by atoms with Gasteiger partial charge in [0.2, 0.25) is 0 Å². The molecule has 0 aliphatic carbocycles. The van der Waals surface area contributed by atoms with Crippen molar-refractivity contribution in [1.29, 1.82) is 0 Å². The van der Waals surface area contributed by atoms with Crippen molar-refractivity contribution in [3.05, 3.63) is 40.9 Å². The molecule has 0 heterocycles. The van der Waals surface area contributed by atoms with Crippen LogP contribution >= 0.6 is 11.6 Å². The van der Waals surface area contributed by atoms with Crippen LogP contribution in [-0.4, -0.2) is 12.6 Å². The van der Waals surface area contributed by atoms with E-state index in [1.54, 1.807) is 24.3 Å². The first-order valence-electron chi connectivity index (χ1n) is 5.03. The van der Waals surface area contributed by atoms with E-state index in [1.807, 2.05) is 6.92 Å². The number of esters is 1. The molecule has 16 heavy (non-hydrogen) atoms. The summed E-state index contributed by atoms with van der Waals surface area (Å²) >= 11 is 5.81. The van der Waals surface area contributed by atoms with Crippen molar-refractivity contribution in [2.75, 3.05) is 6.61 Å². The largest absolute Gasteiger partial charge is 0.462 e. The summed E-state index contributed by atoms with van der Waals surface area (Å²) in [7, 11) is 0. The first-order valence-corrected chi connectivity index (χ1v) is 5.41. The molecular formula is C12H14ClNO2. The zero-order valence-corrected chi connectivity index (χ0v) is 9.83. The minimum absolute atomic E-state index is 0.351. The summed E-state index contributed by atoms with van der Waals surface area (Å²) in [5.41, 5.74) is 6.80. The molecule has 4 heteroatoms. The molecule has 0 unspecified atom stereocenters. The molecule has 0 spiro atoms. The van der Waals surface area contributed by atoms with Crippen molar-refractivity contribution in [2.24, 2.45) is 5.73 Å². The third-order valence-corrected chi connectivity index (χ3v) is 2.11. The van der Waals surface area contributed by atoms with Crippen LogP contribution in [0.4, 0.5) is 0 Å². The fourth-order valence-electron chi connectivity index (χ4n) is 1.12. The molecule has 0 fully saturated rings. The Morgan fingerprint density at radius 1 is 1.56 bits per heavy atom. The maximum absolute atomic E-state index is 11.3. The molecule has 3 nitrogen and oxygen atoms in total. The predicted octanol–water partition coefficient (Wildman–Crippen LogP) is 2.59. The lowest BCUT2D eigenvalue weighted by atomic mass is 10.1. The topological polar surface area (TPSA) is 52.3 Å². The van der Waals surface area contributed by atoms with Crippen molar-refractivity contribution < 1.29 is 9.53 Å². The molecule has 0 saturated carbocycles. The maximum Gasteiger partial charge on any atom is 0.332 e. The number of halogens is 1. The SMILES string of the molecule is CCCOC(=O)/C=C(/N)c1cccc(Cl)c1. The fourth-order valence-corrected chi connectivity index (χ4v) is 1.31. The van der Waals surface area contributed by atoms with E-state index < -0.39 is 5.97 Å². The minimum Gasteiger partial charge on any atom is -0.462 e. The lowest BCUT2D eigenvalue weighted by Crippen LogP contribution is -2.06. The van der Waals surface area contributed by atoms with Gasteiger partial charge < -0.3 is 10.5 Å². The van der Waals surface area contributed by atoms with Gasteiger partial charge in [-0.2, -0.15) is 0 Å². The van der Waals surface area contributed by atoms with E-state index in [-0.39, 0.29) is 0 Å². The molecule has 0 aliphatic heterocycles. The number of rotatable bonds is 4. The van der Waals surface area contributed by atoms with E-state index in [4.69, 9.17) is 22.1 Å². The molecule has 1 rings (SSSR count). The van der Waals surface area contributed by atoms with Gasteiger partial charge in [0.15, 0.2) is 0 Å². The molecule has 0 radical (unpaired) electrons. The summed E-state index contributed by atoms with van der Waals surface area (Å²) in [6.07, 6.45) is 2.05. The minimum atomic E-state index is -0.431. The van der Waals surface area contributed by atoms with Crippen LogP contribution in [0.5, 0.6) is 0 Å². The highest BCUT2D eigenvalue weighted by Crippen LogP contribution is 2.15. The Bertz CT molecular complexity index is 402. The van der Waals surface area contributed by atoms with Crippen molar-refractivity contribution in [2.45, 2.75) is 13.3 Å². The number of ether oxygens (including phenoxy) is 1. The molecule has 0 atom stereocenters. The molecule has 0 aromatic heterocycles. The Labute approximate surface area is 99.8 Å². The van der Waals surface area contributed by atoms with Gasteiger partial charge in [-0.05, 0) is 24.1 Å². The second-order valence-electron chi connectivity index (χ2n) is 3.28. The predicted molar refractivity (Wildman–Crippen MR) is 64.9 cm³/mol. The smallest absolute Gasteiger partial charge is 0.332 e. The van der Waals surface area contributed by atoms with Gasteiger partial charge in [-0.25, -0.2) is 4.79 Å². The van der Waals surface area contributed by atoms with E-state index in [9.17, 15) is 4.79 Å². The summed E-state index contributed by atoms with van der Waals surface area (Å²) < 4.78 is 4.89. The standard InChI is InChI=1S/C12H14ClNO2/c1-2-6-16-12(15)8-11(14)9-4-3-5-10(13)7-9/h3-5,7-8H,2,6,14H2,1H3/b11-8+. The molecule has 2 N–H and O–H groups in total. The highest BCUT2D eigenvalue weighted by molar-refractivity contribution is 6.30. The van der Waals surface area contributed by atoms with Gasteiger partial charge in [-0.3, -0.25) is 0 Å². The van der Waals surface area contributed by atoms with E-state index in [2.05, 4.69) is 0 Å². The van der Waals surface area contributed by atoms with Gasteiger partial charge in [-0.1, -0.05) is 30.7 Å². The number of carbonyl (C=O) groups excluding carboxylic acids is 1. The number of hydrogen-bond acceptors (Lipinski definition) is 3. The van der Waals surface area contributed by atoms with Crippen LogP contribution in [-0.2, 0) is 9.53 Å². The van der Waals surface area contributed by atoms with Gasteiger partial charge in [-0.15, -0.1) is 0 Å². The van der Waals surface area contributed by atoms with Gasteiger partial charge in [0.25, 0.3) is 0 Å². The quantitative estimate of drug-likeness (QED) is 0.649. The Morgan fingerprint density at radius 2 is 2.31 bits per heavy atom. The normalized spacial score (nSPS) is 11.2. The van der Waals surface area contributed by atoms with Gasteiger partial charge in [0, 0.05) is 16.8 Å². The summed E-state index contributed by atoms with van der Waals surface area (Å²) in [6, 6.07) is 6.99. The highest BCUT2D eigenvalue weighted by atomic mass is 35.5. The zero-order chi connectivity index (χ0) is 12.0. The number of carbonyl (C=O) groups is 1. The molecule has 0 amide bonds. The van der Waals surface area contributed by atoms with Crippen LogP contribution in [0.25, 0.3) is 5.70 Å². The van der Waals surface area contributed by atoms with E-state index in [0.717, 1.165) is 6.42 Å². The third kappa shape index (κ3) is 3.95. The molecule has 1 aromatic carbocycles. The first-order chi connectivity index (χ1) is 7.63. The van der Waals surface area contributed by atoms with Crippen molar-refractivity contribution in [1.82, 2.24) is 0 Å². The van der Waals surface area contributed by atoms with Crippen LogP contribution in [0.2, 0.25) is 5.02 Å². The summed E-state index contributed by atoms with van der Waals surface area (Å²) in [5, 5.41) is 0.579. The van der Waals surface area contributed by atoms with Crippen LogP contribution in [0.15, 0.2) is 30.3 Å². The molecule has 0 aliphatic rings. The number of hydrogen-bond donors (Lipinski definition) is 1. The lowest BCUT2D eigenvalue weighted by Gasteiger charge is -2.03. The lowest BCUT2D eigenvalue weighted by molar-refractivity contribution is -0.137. The van der Waals surface area contributed by atoms with Gasteiger partial charge in [0.1, 0.15) is 0 Å². The Balaban J connectivity index is 2.73. The second-order valence-corrected chi connectivity index (χ2v) is 3.71. The van der Waals surface area contributed by atoms with Gasteiger partial charge in [0.05, 0.1) is 6.61 Å². The van der Waals surface area contributed by atoms with Crippen molar-refractivity contribution in [3.8, 4) is 0 Å². The Kier molecular flexibility index (Phi) is 4.86. The van der Waals surface area contributed by atoms with E-state index in [1.165, 1.54) is 6.08 Å². The van der Waals surface area contributed by atoms with E-state index >= 15 is 0 Å². The van der Waals surface area contributed by atoms with Crippen LogP contribution in [0.1, 0.15) is 18.9 Å². The summed E-state index contributed by atoms with van der Waals surface area (Å²) in [5.74, 6) is -0.431. The molecular weight excluding hydrogens is 226 g/mol. The molecule has 0 saturated heterocycles. The van der Waals surface area contributed by atoms with Crippen molar-refractivity contribution in [3.63, 3.8) is 0 Å². The maximum atomic E-state index is 11.3. The number of benzene rings is 1. The Hall–Kier alpha value is -1.48. The molecule has 1 aromatic rings. The van der Waals surface area contributed by atoms with Crippen molar-refractivity contribution >= 4 is 23.3 Å². The van der Waals surface area contributed by atoms with Gasteiger partial charge >= 0.3 is 5.97 Å². The monoisotopic (exact) mass is 239 g/mol. The summed E-state index contributed by atoms with van der Waals surface area (Å²) in [4.78, 5) is 11.3.